The topological polar surface area (TPSA) is 87.2 Å². The lowest BCUT2D eigenvalue weighted by atomic mass is 10.2. The lowest BCUT2D eigenvalue weighted by Crippen LogP contribution is -2.49. The van der Waals surface area contributed by atoms with E-state index in [1.54, 1.807) is 29.3 Å². The summed E-state index contributed by atoms with van der Waals surface area (Å²) in [5.41, 5.74) is 2.25. The second-order valence-corrected chi connectivity index (χ2v) is 8.46. The fourth-order valence-corrected chi connectivity index (χ4v) is 4.04. The first-order valence-electron chi connectivity index (χ1n) is 10.9. The molecule has 1 N–H and O–H groups in total. The highest BCUT2D eigenvalue weighted by molar-refractivity contribution is 7.80. The standard InChI is InChI=1S/C23H26FN5O4S/c1-15-3-4-16(12-25-15)21(30)28-9-7-27(8-10-28)20-6-5-17(11-19(20)24)29-14-18(33-23(29)31)13-26-22(34)32-2/h3-6,11-12,18H,7-10,13-14H2,1-2H3,(H,26,34)/t18-/m0/s1. The third-order valence-electron chi connectivity index (χ3n) is 5.84. The number of pyridine rings is 1. The SMILES string of the molecule is COC(=S)NC[C@H]1CN(c2ccc(N3CCN(C(=O)c4ccc(C)nc4)CC3)c(F)c2)C(=O)O1. The molecule has 180 valence electrons. The first kappa shape index (κ1) is 23.7. The van der Waals surface area contributed by atoms with Gasteiger partial charge in [-0.05, 0) is 49.5 Å². The van der Waals surface area contributed by atoms with E-state index in [2.05, 4.69) is 10.3 Å². The summed E-state index contributed by atoms with van der Waals surface area (Å²) in [6, 6.07) is 8.27. The van der Waals surface area contributed by atoms with E-state index in [4.69, 9.17) is 21.7 Å². The second-order valence-electron chi connectivity index (χ2n) is 8.09. The first-order valence-corrected chi connectivity index (χ1v) is 11.3. The Balaban J connectivity index is 1.35. The van der Waals surface area contributed by atoms with E-state index in [1.807, 2.05) is 17.9 Å². The molecule has 1 aromatic heterocycles. The number of rotatable bonds is 5. The molecule has 2 aromatic rings. The highest BCUT2D eigenvalue weighted by Crippen LogP contribution is 2.28. The molecule has 0 unspecified atom stereocenters. The molecular weight excluding hydrogens is 461 g/mol. The number of methoxy groups -OCH3 is 1. The van der Waals surface area contributed by atoms with Crippen LogP contribution in [0.25, 0.3) is 0 Å². The number of benzene rings is 1. The maximum absolute atomic E-state index is 15.0. The van der Waals surface area contributed by atoms with Crippen LogP contribution in [0.15, 0.2) is 36.5 Å². The van der Waals surface area contributed by atoms with Gasteiger partial charge >= 0.3 is 6.09 Å². The minimum atomic E-state index is -0.542. The molecule has 2 fully saturated rings. The fraction of sp³-hybridized carbons (Fsp3) is 0.391. The maximum Gasteiger partial charge on any atom is 0.414 e. The van der Waals surface area contributed by atoms with Crippen LogP contribution in [0.1, 0.15) is 16.1 Å². The number of aryl methyl sites for hydroxylation is 1. The van der Waals surface area contributed by atoms with E-state index in [-0.39, 0.29) is 17.6 Å². The number of carbonyl (C=O) groups is 2. The van der Waals surface area contributed by atoms with Crippen molar-refractivity contribution in [1.29, 1.82) is 0 Å². The predicted molar refractivity (Wildman–Crippen MR) is 129 cm³/mol. The number of nitrogens with zero attached hydrogens (tertiary/aromatic N) is 4. The molecule has 0 saturated carbocycles. The number of piperazine rings is 1. The Bertz CT molecular complexity index is 1080. The quantitative estimate of drug-likeness (QED) is 0.644. The van der Waals surface area contributed by atoms with Gasteiger partial charge in [0.25, 0.3) is 11.1 Å². The molecule has 0 spiro atoms. The van der Waals surface area contributed by atoms with Crippen molar-refractivity contribution < 1.29 is 23.5 Å². The first-order chi connectivity index (χ1) is 16.4. The number of amides is 2. The Morgan fingerprint density at radius 1 is 1.26 bits per heavy atom. The van der Waals surface area contributed by atoms with Gasteiger partial charge in [-0.1, -0.05) is 0 Å². The molecule has 0 radical (unpaired) electrons. The van der Waals surface area contributed by atoms with E-state index in [0.29, 0.717) is 49.7 Å². The van der Waals surface area contributed by atoms with Gasteiger partial charge in [0.1, 0.15) is 11.9 Å². The van der Waals surface area contributed by atoms with Gasteiger partial charge in [0.15, 0.2) is 0 Å². The molecule has 2 amide bonds. The van der Waals surface area contributed by atoms with Crippen molar-refractivity contribution in [3.8, 4) is 0 Å². The van der Waals surface area contributed by atoms with Crippen molar-refractivity contribution in [2.24, 2.45) is 0 Å². The summed E-state index contributed by atoms with van der Waals surface area (Å²) in [7, 11) is 1.45. The van der Waals surface area contributed by atoms with Gasteiger partial charge in [0, 0.05) is 38.1 Å². The summed E-state index contributed by atoms with van der Waals surface area (Å²) < 4.78 is 25.2. The zero-order valence-electron chi connectivity index (χ0n) is 19.0. The van der Waals surface area contributed by atoms with Crippen LogP contribution in [-0.2, 0) is 9.47 Å². The molecule has 1 atom stereocenters. The van der Waals surface area contributed by atoms with Crippen molar-refractivity contribution in [2.45, 2.75) is 13.0 Å². The molecule has 2 aliphatic rings. The highest BCUT2D eigenvalue weighted by Gasteiger charge is 2.33. The number of anilines is 2. The predicted octanol–water partition coefficient (Wildman–Crippen LogP) is 2.34. The van der Waals surface area contributed by atoms with Gasteiger partial charge in [-0.2, -0.15) is 0 Å². The summed E-state index contributed by atoms with van der Waals surface area (Å²) in [4.78, 5) is 34.2. The molecule has 3 heterocycles. The average Bonchev–Trinajstić information content (AvgIpc) is 3.23. The average molecular weight is 488 g/mol. The van der Waals surface area contributed by atoms with Crippen LogP contribution in [0, 0.1) is 12.7 Å². The van der Waals surface area contributed by atoms with Crippen LogP contribution in [0.4, 0.5) is 20.6 Å². The normalized spacial score (nSPS) is 18.0. The third-order valence-corrected chi connectivity index (χ3v) is 6.15. The van der Waals surface area contributed by atoms with Crippen LogP contribution < -0.4 is 15.1 Å². The van der Waals surface area contributed by atoms with E-state index < -0.39 is 18.0 Å². The number of hydrogen-bond donors (Lipinski definition) is 1. The highest BCUT2D eigenvalue weighted by atomic mass is 32.1. The van der Waals surface area contributed by atoms with Crippen LogP contribution in [0.2, 0.25) is 0 Å². The number of halogens is 1. The number of thiocarbonyl (C=S) groups is 1. The monoisotopic (exact) mass is 487 g/mol. The van der Waals surface area contributed by atoms with Crippen molar-refractivity contribution >= 4 is 40.8 Å². The van der Waals surface area contributed by atoms with E-state index >= 15 is 4.39 Å². The molecule has 2 aliphatic heterocycles. The molecular formula is C23H26FN5O4S. The minimum absolute atomic E-state index is 0.0779. The third kappa shape index (κ3) is 5.19. The summed E-state index contributed by atoms with van der Waals surface area (Å²) in [6.07, 6.45) is 0.607. The minimum Gasteiger partial charge on any atom is -0.474 e. The lowest BCUT2D eigenvalue weighted by Gasteiger charge is -2.36. The van der Waals surface area contributed by atoms with Crippen molar-refractivity contribution in [3.05, 3.63) is 53.6 Å². The molecule has 9 nitrogen and oxygen atoms in total. The smallest absolute Gasteiger partial charge is 0.414 e. The summed E-state index contributed by atoms with van der Waals surface area (Å²) >= 11 is 4.92. The van der Waals surface area contributed by atoms with Crippen molar-refractivity contribution in [3.63, 3.8) is 0 Å². The maximum atomic E-state index is 15.0. The Morgan fingerprint density at radius 2 is 2.03 bits per heavy atom. The molecule has 0 aliphatic carbocycles. The number of hydrogen-bond acceptors (Lipinski definition) is 7. The molecule has 4 rings (SSSR count). The molecule has 34 heavy (non-hydrogen) atoms. The van der Waals surface area contributed by atoms with Crippen molar-refractivity contribution in [2.75, 3.05) is 56.2 Å². The van der Waals surface area contributed by atoms with Gasteiger partial charge in [-0.15, -0.1) is 0 Å². The van der Waals surface area contributed by atoms with Crippen molar-refractivity contribution in [1.82, 2.24) is 15.2 Å². The zero-order valence-corrected chi connectivity index (χ0v) is 19.8. The molecule has 0 bridgehead atoms. The van der Waals surface area contributed by atoms with E-state index in [1.165, 1.54) is 18.1 Å². The number of aromatic nitrogens is 1. The number of nitrogens with one attached hydrogen (secondary N) is 1. The fourth-order valence-electron chi connectivity index (χ4n) is 3.96. The van der Waals surface area contributed by atoms with Gasteiger partial charge in [-0.3, -0.25) is 14.7 Å². The van der Waals surface area contributed by atoms with Crippen LogP contribution in [-0.4, -0.2) is 79.5 Å². The van der Waals surface area contributed by atoms with Gasteiger partial charge in [0.05, 0.1) is 37.1 Å². The number of ether oxygens (including phenoxy) is 2. The van der Waals surface area contributed by atoms with Gasteiger partial charge in [0.2, 0.25) is 0 Å². The second kappa shape index (κ2) is 10.2. The number of carbonyl (C=O) groups excluding carboxylic acids is 2. The lowest BCUT2D eigenvalue weighted by molar-refractivity contribution is 0.0746. The molecule has 2 saturated heterocycles. The van der Waals surface area contributed by atoms with Gasteiger partial charge in [-0.25, -0.2) is 9.18 Å². The van der Waals surface area contributed by atoms with Crippen LogP contribution in [0.3, 0.4) is 0 Å². The van der Waals surface area contributed by atoms with Crippen LogP contribution >= 0.6 is 12.2 Å². The zero-order chi connectivity index (χ0) is 24.2. The summed E-state index contributed by atoms with van der Waals surface area (Å²) in [6.45, 7) is 4.39. The van der Waals surface area contributed by atoms with E-state index in [0.717, 1.165) is 5.69 Å². The van der Waals surface area contributed by atoms with Gasteiger partial charge < -0.3 is 24.6 Å². The summed E-state index contributed by atoms with van der Waals surface area (Å²) in [5.74, 6) is -0.513. The molecule has 11 heteroatoms. The Labute approximate surface area is 202 Å². The van der Waals surface area contributed by atoms with E-state index in [9.17, 15) is 9.59 Å². The van der Waals surface area contributed by atoms with Crippen LogP contribution in [0.5, 0.6) is 0 Å². The number of cyclic esters (lactones) is 1. The summed E-state index contributed by atoms with van der Waals surface area (Å²) in [5, 5.41) is 3.06. The largest absolute Gasteiger partial charge is 0.474 e. The Kier molecular flexibility index (Phi) is 7.11. The Hall–Kier alpha value is -3.47. The Morgan fingerprint density at radius 3 is 2.68 bits per heavy atom. The molecule has 1 aromatic carbocycles.